The minimum Gasteiger partial charge on any atom is -0.271 e. The maximum atomic E-state index is 5.81. The Balaban J connectivity index is 2.35. The topological polar surface area (TPSA) is 55.9 Å². The summed E-state index contributed by atoms with van der Waals surface area (Å²) in [5.74, 6) is 5.81. The molecule has 5 heteroatoms. The maximum Gasteiger partial charge on any atom is 0.0766 e. The summed E-state index contributed by atoms with van der Waals surface area (Å²) in [4.78, 5) is 0. The van der Waals surface area contributed by atoms with Gasteiger partial charge in [-0.15, -0.1) is 0 Å². The van der Waals surface area contributed by atoms with Gasteiger partial charge in [-0.05, 0) is 47.3 Å². The summed E-state index contributed by atoms with van der Waals surface area (Å²) in [6, 6.07) is 8.42. The van der Waals surface area contributed by atoms with E-state index < -0.39 is 0 Å². The fourth-order valence-corrected chi connectivity index (χ4v) is 3.37. The molecular formula is C16H23BrN4. The number of nitrogens with two attached hydrogens (primary N) is 1. The van der Waals surface area contributed by atoms with Gasteiger partial charge in [-0.2, -0.15) is 5.10 Å². The van der Waals surface area contributed by atoms with Crippen LogP contribution in [0.3, 0.4) is 0 Å². The van der Waals surface area contributed by atoms with Gasteiger partial charge in [-0.25, -0.2) is 0 Å². The van der Waals surface area contributed by atoms with E-state index in [1.807, 2.05) is 6.07 Å². The number of aryl methyl sites for hydroxylation is 3. The molecule has 0 aliphatic heterocycles. The second-order valence-electron chi connectivity index (χ2n) is 5.16. The minimum absolute atomic E-state index is 0.0780. The molecule has 1 aromatic carbocycles. The highest BCUT2D eigenvalue weighted by atomic mass is 79.9. The SMILES string of the molecule is CCc1nn(CC)c(CC(NN)c2ccccc2C)c1Br. The Kier molecular flexibility index (Phi) is 5.56. The highest BCUT2D eigenvalue weighted by Crippen LogP contribution is 2.28. The van der Waals surface area contributed by atoms with Crippen LogP contribution >= 0.6 is 15.9 Å². The number of rotatable bonds is 6. The fraction of sp³-hybridized carbons (Fsp3) is 0.438. The number of hydrogen-bond donors (Lipinski definition) is 2. The first-order valence-corrected chi connectivity index (χ1v) is 8.17. The van der Waals surface area contributed by atoms with Crippen LogP contribution in [-0.4, -0.2) is 9.78 Å². The second kappa shape index (κ2) is 7.20. The molecule has 0 amide bonds. The predicted molar refractivity (Wildman–Crippen MR) is 89.9 cm³/mol. The van der Waals surface area contributed by atoms with E-state index in [-0.39, 0.29) is 6.04 Å². The number of aromatic nitrogens is 2. The third-order valence-electron chi connectivity index (χ3n) is 3.86. The lowest BCUT2D eigenvalue weighted by Gasteiger charge is -2.19. The smallest absolute Gasteiger partial charge is 0.0766 e. The van der Waals surface area contributed by atoms with E-state index >= 15 is 0 Å². The fourth-order valence-electron chi connectivity index (χ4n) is 2.64. The Hall–Kier alpha value is -1.17. The van der Waals surface area contributed by atoms with E-state index in [9.17, 15) is 0 Å². The molecule has 0 fully saturated rings. The third kappa shape index (κ3) is 3.36. The van der Waals surface area contributed by atoms with E-state index in [0.717, 1.165) is 29.6 Å². The van der Waals surface area contributed by atoms with Crippen molar-refractivity contribution in [3.8, 4) is 0 Å². The molecule has 4 nitrogen and oxygen atoms in total. The van der Waals surface area contributed by atoms with Crippen molar-refractivity contribution in [3.05, 3.63) is 51.3 Å². The molecule has 1 aromatic heterocycles. The second-order valence-corrected chi connectivity index (χ2v) is 5.95. The van der Waals surface area contributed by atoms with Crippen LogP contribution in [0.2, 0.25) is 0 Å². The molecule has 1 unspecified atom stereocenters. The molecular weight excluding hydrogens is 328 g/mol. The molecule has 3 N–H and O–H groups in total. The third-order valence-corrected chi connectivity index (χ3v) is 4.77. The molecule has 114 valence electrons. The first kappa shape index (κ1) is 16.2. The van der Waals surface area contributed by atoms with Crippen molar-refractivity contribution in [2.24, 2.45) is 5.84 Å². The van der Waals surface area contributed by atoms with Crippen molar-refractivity contribution in [1.29, 1.82) is 0 Å². The lowest BCUT2D eigenvalue weighted by molar-refractivity contribution is 0.514. The van der Waals surface area contributed by atoms with E-state index in [1.54, 1.807) is 0 Å². The van der Waals surface area contributed by atoms with Crippen LogP contribution in [0.1, 0.15) is 42.4 Å². The number of hydrazine groups is 1. The molecule has 0 aliphatic carbocycles. The van der Waals surface area contributed by atoms with E-state index in [1.165, 1.54) is 16.8 Å². The Morgan fingerprint density at radius 2 is 2.05 bits per heavy atom. The Labute approximate surface area is 134 Å². The summed E-state index contributed by atoms with van der Waals surface area (Å²) in [6.07, 6.45) is 1.73. The highest BCUT2D eigenvalue weighted by molar-refractivity contribution is 9.10. The lowest BCUT2D eigenvalue weighted by Crippen LogP contribution is -2.30. The first-order chi connectivity index (χ1) is 10.1. The Morgan fingerprint density at radius 3 is 2.62 bits per heavy atom. The van der Waals surface area contributed by atoms with Gasteiger partial charge in [0.25, 0.3) is 0 Å². The molecule has 2 aromatic rings. The largest absolute Gasteiger partial charge is 0.271 e. The molecule has 2 rings (SSSR count). The van der Waals surface area contributed by atoms with Gasteiger partial charge >= 0.3 is 0 Å². The molecule has 0 bridgehead atoms. The summed E-state index contributed by atoms with van der Waals surface area (Å²) in [7, 11) is 0. The van der Waals surface area contributed by atoms with Gasteiger partial charge in [0.15, 0.2) is 0 Å². The van der Waals surface area contributed by atoms with Crippen LogP contribution in [0.25, 0.3) is 0 Å². The molecule has 0 saturated carbocycles. The molecule has 0 spiro atoms. The average Bonchev–Trinajstić information content (AvgIpc) is 2.81. The summed E-state index contributed by atoms with van der Waals surface area (Å²) in [5.41, 5.74) is 7.73. The van der Waals surface area contributed by atoms with Gasteiger partial charge in [0.2, 0.25) is 0 Å². The molecule has 1 heterocycles. The van der Waals surface area contributed by atoms with Gasteiger partial charge < -0.3 is 0 Å². The minimum atomic E-state index is 0.0780. The van der Waals surface area contributed by atoms with Gasteiger partial charge in [0, 0.05) is 13.0 Å². The van der Waals surface area contributed by atoms with Crippen LogP contribution in [0.4, 0.5) is 0 Å². The highest BCUT2D eigenvalue weighted by Gasteiger charge is 2.20. The van der Waals surface area contributed by atoms with Crippen LogP contribution in [0.5, 0.6) is 0 Å². The Bertz CT molecular complexity index is 606. The van der Waals surface area contributed by atoms with Crippen molar-refractivity contribution in [1.82, 2.24) is 15.2 Å². The summed E-state index contributed by atoms with van der Waals surface area (Å²) in [6.45, 7) is 7.21. The van der Waals surface area contributed by atoms with Crippen molar-refractivity contribution in [3.63, 3.8) is 0 Å². The lowest BCUT2D eigenvalue weighted by atomic mass is 9.98. The van der Waals surface area contributed by atoms with Crippen molar-refractivity contribution in [2.75, 3.05) is 0 Å². The first-order valence-electron chi connectivity index (χ1n) is 7.38. The average molecular weight is 351 g/mol. The molecule has 0 radical (unpaired) electrons. The van der Waals surface area contributed by atoms with Gasteiger partial charge in [-0.3, -0.25) is 16.0 Å². The van der Waals surface area contributed by atoms with Gasteiger partial charge in [-0.1, -0.05) is 31.2 Å². The quantitative estimate of drug-likeness (QED) is 0.620. The number of benzene rings is 1. The van der Waals surface area contributed by atoms with Crippen LogP contribution in [0, 0.1) is 6.92 Å². The monoisotopic (exact) mass is 350 g/mol. The van der Waals surface area contributed by atoms with E-state index in [4.69, 9.17) is 5.84 Å². The van der Waals surface area contributed by atoms with Gasteiger partial charge in [0.05, 0.1) is 21.9 Å². The number of hydrogen-bond acceptors (Lipinski definition) is 3. The van der Waals surface area contributed by atoms with E-state index in [2.05, 4.69) is 70.1 Å². The summed E-state index contributed by atoms with van der Waals surface area (Å²) in [5, 5.41) is 4.65. The van der Waals surface area contributed by atoms with Crippen molar-refractivity contribution >= 4 is 15.9 Å². The van der Waals surface area contributed by atoms with E-state index in [0.29, 0.717) is 0 Å². The molecule has 0 aliphatic rings. The maximum absolute atomic E-state index is 5.81. The zero-order valence-corrected chi connectivity index (χ0v) is 14.4. The normalized spacial score (nSPS) is 12.6. The number of nitrogens with one attached hydrogen (secondary N) is 1. The molecule has 0 saturated heterocycles. The van der Waals surface area contributed by atoms with Crippen molar-refractivity contribution < 1.29 is 0 Å². The van der Waals surface area contributed by atoms with Crippen LogP contribution in [0.15, 0.2) is 28.7 Å². The van der Waals surface area contributed by atoms with Gasteiger partial charge in [0.1, 0.15) is 0 Å². The predicted octanol–water partition coefficient (Wildman–Crippen LogP) is 3.28. The van der Waals surface area contributed by atoms with Crippen molar-refractivity contribution in [2.45, 2.75) is 46.2 Å². The number of halogens is 1. The van der Waals surface area contributed by atoms with Crippen LogP contribution in [-0.2, 0) is 19.4 Å². The zero-order chi connectivity index (χ0) is 15.4. The molecule has 21 heavy (non-hydrogen) atoms. The molecule has 1 atom stereocenters. The summed E-state index contributed by atoms with van der Waals surface area (Å²) >= 11 is 3.70. The standard InChI is InChI=1S/C16H23BrN4/c1-4-13-16(17)15(21(5-2)20-13)10-14(19-18)12-9-7-6-8-11(12)3/h6-9,14,19H,4-5,10,18H2,1-3H3. The Morgan fingerprint density at radius 1 is 1.33 bits per heavy atom. The zero-order valence-electron chi connectivity index (χ0n) is 12.9. The summed E-state index contributed by atoms with van der Waals surface area (Å²) < 4.78 is 3.17. The van der Waals surface area contributed by atoms with Crippen LogP contribution < -0.4 is 11.3 Å². The number of nitrogens with zero attached hydrogens (tertiary/aromatic N) is 2.